The van der Waals surface area contributed by atoms with E-state index in [0.29, 0.717) is 0 Å². The molecule has 0 radical (unpaired) electrons. The Hall–Kier alpha value is -2.77. The second kappa shape index (κ2) is 5.45. The molecule has 2 heterocycles. The summed E-state index contributed by atoms with van der Waals surface area (Å²) in [6.45, 7) is 4.02. The van der Waals surface area contributed by atoms with Crippen LogP contribution in [0, 0.1) is 13.8 Å². The Kier molecular flexibility index (Phi) is 3.59. The van der Waals surface area contributed by atoms with Crippen LogP contribution in [0.1, 0.15) is 16.7 Å². The molecule has 2 unspecified atom stereocenters. The number of carbonyl (C=O) groups excluding carboxylic acids is 2. The summed E-state index contributed by atoms with van der Waals surface area (Å²) in [5.74, 6) is -0.369. The molecule has 0 aliphatic carbocycles. The zero-order valence-corrected chi connectivity index (χ0v) is 13.5. The van der Waals surface area contributed by atoms with Gasteiger partial charge in [-0.15, -0.1) is 5.12 Å². The Morgan fingerprint density at radius 1 is 1.22 bits per heavy atom. The summed E-state index contributed by atoms with van der Waals surface area (Å²) in [5, 5.41) is 13.5. The van der Waals surface area contributed by atoms with Crippen LogP contribution in [0.2, 0.25) is 0 Å². The summed E-state index contributed by atoms with van der Waals surface area (Å²) in [7, 11) is 3.05. The minimum Gasteiger partial charge on any atom is -0.301 e. The molecule has 0 aromatic heterocycles. The molecule has 8 heteroatoms. The number of amides is 3. The van der Waals surface area contributed by atoms with Crippen LogP contribution >= 0.6 is 0 Å². The van der Waals surface area contributed by atoms with Gasteiger partial charge >= 0.3 is 6.03 Å². The lowest BCUT2D eigenvalue weighted by molar-refractivity contribution is -0.134. The van der Waals surface area contributed by atoms with E-state index in [9.17, 15) is 9.59 Å². The van der Waals surface area contributed by atoms with Crippen LogP contribution in [0.15, 0.2) is 33.6 Å². The molecular formula is C15H18N6O2. The van der Waals surface area contributed by atoms with Gasteiger partial charge in [0.2, 0.25) is 0 Å². The highest BCUT2D eigenvalue weighted by atomic mass is 16.2. The second-order valence-electron chi connectivity index (χ2n) is 5.78. The van der Waals surface area contributed by atoms with Crippen molar-refractivity contribution < 1.29 is 9.59 Å². The van der Waals surface area contributed by atoms with Gasteiger partial charge in [-0.05, 0) is 25.0 Å². The summed E-state index contributed by atoms with van der Waals surface area (Å²) in [6.07, 6.45) is 1.05. The Labute approximate surface area is 134 Å². The van der Waals surface area contributed by atoms with Crippen molar-refractivity contribution in [1.29, 1.82) is 0 Å². The lowest BCUT2D eigenvalue weighted by Gasteiger charge is -2.37. The van der Waals surface area contributed by atoms with E-state index in [-0.39, 0.29) is 5.91 Å². The molecule has 0 spiro atoms. The van der Waals surface area contributed by atoms with Crippen molar-refractivity contribution in [2.45, 2.75) is 26.1 Å². The highest BCUT2D eigenvalue weighted by Crippen LogP contribution is 2.27. The van der Waals surface area contributed by atoms with Crippen LogP contribution < -0.4 is 0 Å². The number of carbonyl (C=O) groups is 2. The van der Waals surface area contributed by atoms with Crippen LogP contribution in [0.3, 0.4) is 0 Å². The van der Waals surface area contributed by atoms with Gasteiger partial charge in [0.05, 0.1) is 6.21 Å². The first-order chi connectivity index (χ1) is 10.9. The standard InChI is InChI=1S/C15H18N6O2/c1-9-5-6-11(10(2)7-9)8-16-21-13-12(17-18-21)14(22)20(4)15(23)19(13)3/h5-8,12-13H,1-4H3. The van der Waals surface area contributed by atoms with E-state index in [1.54, 1.807) is 13.3 Å². The number of aryl methyl sites for hydroxylation is 2. The zero-order valence-electron chi connectivity index (χ0n) is 13.5. The summed E-state index contributed by atoms with van der Waals surface area (Å²) in [5.41, 5.74) is 3.21. The molecule has 120 valence electrons. The molecule has 0 bridgehead atoms. The lowest BCUT2D eigenvalue weighted by atomic mass is 10.1. The van der Waals surface area contributed by atoms with E-state index in [0.717, 1.165) is 16.0 Å². The third-order valence-corrected chi connectivity index (χ3v) is 4.10. The summed E-state index contributed by atoms with van der Waals surface area (Å²) in [4.78, 5) is 26.7. The number of nitrogens with zero attached hydrogens (tertiary/aromatic N) is 6. The van der Waals surface area contributed by atoms with Gasteiger partial charge in [-0.2, -0.15) is 10.2 Å². The van der Waals surface area contributed by atoms with E-state index in [2.05, 4.69) is 21.5 Å². The predicted molar refractivity (Wildman–Crippen MR) is 83.7 cm³/mol. The zero-order chi connectivity index (χ0) is 16.7. The number of hydrogen-bond acceptors (Lipinski definition) is 6. The predicted octanol–water partition coefficient (Wildman–Crippen LogP) is 1.54. The average molecular weight is 314 g/mol. The number of benzene rings is 1. The highest BCUT2D eigenvalue weighted by Gasteiger charge is 2.50. The van der Waals surface area contributed by atoms with Crippen LogP contribution in [0.5, 0.6) is 0 Å². The molecule has 2 atom stereocenters. The van der Waals surface area contributed by atoms with Gasteiger partial charge in [-0.1, -0.05) is 29.0 Å². The van der Waals surface area contributed by atoms with E-state index in [4.69, 9.17) is 0 Å². The first-order valence-electron chi connectivity index (χ1n) is 7.26. The quantitative estimate of drug-likeness (QED) is 0.776. The maximum atomic E-state index is 12.1. The molecule has 0 saturated carbocycles. The molecule has 3 amide bonds. The highest BCUT2D eigenvalue weighted by molar-refractivity contribution is 6.00. The Morgan fingerprint density at radius 3 is 2.65 bits per heavy atom. The number of imide groups is 1. The van der Waals surface area contributed by atoms with Gasteiger partial charge in [0.15, 0.2) is 12.2 Å². The van der Waals surface area contributed by atoms with Crippen molar-refractivity contribution >= 4 is 18.2 Å². The summed E-state index contributed by atoms with van der Waals surface area (Å²) < 4.78 is 0. The minimum absolute atomic E-state index is 0.369. The SMILES string of the molecule is Cc1ccc(C=NN2N=NC3C(=O)N(C)C(=O)N(C)C32)c(C)c1. The van der Waals surface area contributed by atoms with Crippen LogP contribution in [-0.2, 0) is 4.79 Å². The van der Waals surface area contributed by atoms with Crippen molar-refractivity contribution in [3.8, 4) is 0 Å². The molecule has 2 aliphatic heterocycles. The van der Waals surface area contributed by atoms with Gasteiger partial charge < -0.3 is 4.90 Å². The maximum absolute atomic E-state index is 12.1. The van der Waals surface area contributed by atoms with Crippen LogP contribution in [0.4, 0.5) is 4.79 Å². The number of hydrogen-bond donors (Lipinski definition) is 0. The number of likely N-dealkylation sites (N-methyl/N-ethyl adjacent to an activating group) is 2. The number of hydrazone groups is 1. The van der Waals surface area contributed by atoms with Gasteiger partial charge in [-0.25, -0.2) is 4.79 Å². The van der Waals surface area contributed by atoms with Gasteiger partial charge in [-0.3, -0.25) is 9.69 Å². The van der Waals surface area contributed by atoms with E-state index >= 15 is 0 Å². The monoisotopic (exact) mass is 314 g/mol. The van der Waals surface area contributed by atoms with Gasteiger partial charge in [0, 0.05) is 14.1 Å². The van der Waals surface area contributed by atoms with Crippen molar-refractivity contribution in [3.63, 3.8) is 0 Å². The van der Waals surface area contributed by atoms with E-state index in [1.165, 1.54) is 22.6 Å². The Balaban J connectivity index is 1.85. The fourth-order valence-electron chi connectivity index (χ4n) is 2.72. The normalized spacial score (nSPS) is 24.1. The molecular weight excluding hydrogens is 296 g/mol. The van der Waals surface area contributed by atoms with Gasteiger partial charge in [0.1, 0.15) is 0 Å². The summed E-state index contributed by atoms with van der Waals surface area (Å²) in [6, 6.07) is 4.89. The Bertz CT molecular complexity index is 729. The largest absolute Gasteiger partial charge is 0.328 e. The van der Waals surface area contributed by atoms with E-state index < -0.39 is 18.2 Å². The molecule has 1 saturated heterocycles. The molecule has 23 heavy (non-hydrogen) atoms. The Morgan fingerprint density at radius 2 is 1.96 bits per heavy atom. The third kappa shape index (κ3) is 2.45. The topological polar surface area (TPSA) is 80.9 Å². The molecule has 8 nitrogen and oxygen atoms in total. The number of fused-ring (bicyclic) bond motifs is 1. The maximum Gasteiger partial charge on any atom is 0.328 e. The number of rotatable bonds is 2. The summed E-state index contributed by atoms with van der Waals surface area (Å²) >= 11 is 0. The fraction of sp³-hybridized carbons (Fsp3) is 0.400. The van der Waals surface area contributed by atoms with Gasteiger partial charge in [0.25, 0.3) is 5.91 Å². The smallest absolute Gasteiger partial charge is 0.301 e. The molecule has 1 aromatic rings. The van der Waals surface area contributed by atoms with Crippen molar-refractivity contribution in [2.24, 2.45) is 15.4 Å². The second-order valence-corrected chi connectivity index (χ2v) is 5.78. The first-order valence-corrected chi connectivity index (χ1v) is 7.26. The van der Waals surface area contributed by atoms with E-state index in [1.807, 2.05) is 26.0 Å². The number of urea groups is 1. The third-order valence-electron chi connectivity index (χ3n) is 4.10. The van der Waals surface area contributed by atoms with Crippen molar-refractivity contribution in [3.05, 3.63) is 34.9 Å². The first kappa shape index (κ1) is 15.1. The molecule has 1 fully saturated rings. The molecule has 2 aliphatic rings. The molecule has 1 aromatic carbocycles. The van der Waals surface area contributed by atoms with Crippen molar-refractivity contribution in [2.75, 3.05) is 14.1 Å². The average Bonchev–Trinajstić information content (AvgIpc) is 2.94. The van der Waals surface area contributed by atoms with Crippen LogP contribution in [0.25, 0.3) is 0 Å². The molecule has 0 N–H and O–H groups in total. The van der Waals surface area contributed by atoms with Crippen molar-refractivity contribution in [1.82, 2.24) is 14.9 Å². The molecule has 3 rings (SSSR count). The minimum atomic E-state index is -0.737. The fourth-order valence-corrected chi connectivity index (χ4v) is 2.72. The lowest BCUT2D eigenvalue weighted by Crippen LogP contribution is -2.63. The van der Waals surface area contributed by atoms with Crippen LogP contribution in [-0.4, -0.2) is 59.4 Å².